The van der Waals surface area contributed by atoms with E-state index < -0.39 is 0 Å². The summed E-state index contributed by atoms with van der Waals surface area (Å²) in [5.41, 5.74) is 0. The summed E-state index contributed by atoms with van der Waals surface area (Å²) in [5.74, 6) is 0.969. The van der Waals surface area contributed by atoms with Crippen molar-refractivity contribution in [1.82, 2.24) is 9.97 Å². The molecule has 0 bridgehead atoms. The number of anilines is 1. The third kappa shape index (κ3) is 2.25. The van der Waals surface area contributed by atoms with Crippen molar-refractivity contribution in [3.63, 3.8) is 0 Å². The van der Waals surface area contributed by atoms with Crippen LogP contribution in [0, 0.1) is 0 Å². The third-order valence-corrected chi connectivity index (χ3v) is 2.03. The molecule has 5 heteroatoms. The van der Waals surface area contributed by atoms with Crippen LogP contribution in [0.2, 0.25) is 0 Å². The number of amides is 1. The van der Waals surface area contributed by atoms with Gasteiger partial charge in [-0.1, -0.05) is 6.92 Å². The first kappa shape index (κ1) is 10.4. The molecule has 2 aromatic heterocycles. The van der Waals surface area contributed by atoms with Crippen molar-refractivity contribution in [2.24, 2.45) is 0 Å². The van der Waals surface area contributed by atoms with Gasteiger partial charge < -0.3 is 4.42 Å². The molecule has 0 aliphatic rings. The summed E-state index contributed by atoms with van der Waals surface area (Å²) < 4.78 is 5.30. The number of nitrogens with zero attached hydrogens (tertiary/aromatic N) is 2. The SMILES string of the molecule is CCc1ccc(C(=O)Nc2ncccn2)o1. The lowest BCUT2D eigenvalue weighted by atomic mass is 10.3. The summed E-state index contributed by atoms with van der Waals surface area (Å²) in [4.78, 5) is 19.4. The third-order valence-electron chi connectivity index (χ3n) is 2.03. The van der Waals surface area contributed by atoms with Gasteiger partial charge in [-0.3, -0.25) is 10.1 Å². The Kier molecular flexibility index (Phi) is 2.95. The molecule has 0 unspecified atom stereocenters. The minimum absolute atomic E-state index is 0.266. The standard InChI is InChI=1S/C11H11N3O2/c1-2-8-4-5-9(16-8)10(15)14-11-12-6-3-7-13-11/h3-7H,2H2,1H3,(H,12,13,14,15). The molecule has 0 saturated carbocycles. The van der Waals surface area contributed by atoms with Gasteiger partial charge in [0.05, 0.1) is 0 Å². The Hall–Kier alpha value is -2.17. The van der Waals surface area contributed by atoms with E-state index in [0.717, 1.165) is 12.2 Å². The lowest BCUT2D eigenvalue weighted by molar-refractivity contribution is 0.0994. The monoisotopic (exact) mass is 217 g/mol. The van der Waals surface area contributed by atoms with E-state index >= 15 is 0 Å². The molecule has 0 atom stereocenters. The summed E-state index contributed by atoms with van der Waals surface area (Å²) in [5, 5.41) is 2.54. The van der Waals surface area contributed by atoms with Gasteiger partial charge in [0.25, 0.3) is 5.91 Å². The van der Waals surface area contributed by atoms with E-state index in [1.165, 1.54) is 0 Å². The van der Waals surface area contributed by atoms with E-state index in [-0.39, 0.29) is 17.6 Å². The molecule has 16 heavy (non-hydrogen) atoms. The highest BCUT2D eigenvalue weighted by Crippen LogP contribution is 2.09. The van der Waals surface area contributed by atoms with Crippen molar-refractivity contribution in [2.75, 3.05) is 5.32 Å². The maximum Gasteiger partial charge on any atom is 0.293 e. The van der Waals surface area contributed by atoms with E-state index in [1.807, 2.05) is 6.92 Å². The molecule has 82 valence electrons. The molecule has 0 saturated heterocycles. The molecule has 0 aliphatic heterocycles. The normalized spacial score (nSPS) is 10.1. The number of hydrogen-bond donors (Lipinski definition) is 1. The first-order valence-corrected chi connectivity index (χ1v) is 4.96. The Labute approximate surface area is 92.5 Å². The smallest absolute Gasteiger partial charge is 0.293 e. The summed E-state index contributed by atoms with van der Waals surface area (Å²) in [6.45, 7) is 1.96. The fourth-order valence-electron chi connectivity index (χ4n) is 1.22. The number of aryl methyl sites for hydroxylation is 1. The van der Waals surface area contributed by atoms with Gasteiger partial charge in [0.1, 0.15) is 5.76 Å². The fourth-order valence-corrected chi connectivity index (χ4v) is 1.22. The first-order chi connectivity index (χ1) is 7.79. The van der Waals surface area contributed by atoms with Crippen LogP contribution in [-0.4, -0.2) is 15.9 Å². The molecular formula is C11H11N3O2. The maximum absolute atomic E-state index is 11.7. The van der Waals surface area contributed by atoms with Gasteiger partial charge in [-0.05, 0) is 18.2 Å². The number of rotatable bonds is 3. The van der Waals surface area contributed by atoms with E-state index in [2.05, 4.69) is 15.3 Å². The number of carbonyl (C=O) groups is 1. The number of aromatic nitrogens is 2. The van der Waals surface area contributed by atoms with Crippen molar-refractivity contribution in [2.45, 2.75) is 13.3 Å². The average Bonchev–Trinajstić information content (AvgIpc) is 2.79. The van der Waals surface area contributed by atoms with Crippen LogP contribution in [0.3, 0.4) is 0 Å². The molecule has 0 fully saturated rings. The van der Waals surface area contributed by atoms with Crippen LogP contribution in [0.1, 0.15) is 23.2 Å². The van der Waals surface area contributed by atoms with Crippen molar-refractivity contribution in [3.8, 4) is 0 Å². The van der Waals surface area contributed by atoms with Gasteiger partial charge in [0.2, 0.25) is 5.95 Å². The molecule has 2 heterocycles. The molecule has 0 aromatic carbocycles. The Morgan fingerprint density at radius 1 is 1.38 bits per heavy atom. The van der Waals surface area contributed by atoms with E-state index in [0.29, 0.717) is 0 Å². The largest absolute Gasteiger partial charge is 0.456 e. The Balaban J connectivity index is 2.09. The molecule has 0 radical (unpaired) electrons. The number of furan rings is 1. The van der Waals surface area contributed by atoms with Crippen LogP contribution in [0.5, 0.6) is 0 Å². The van der Waals surface area contributed by atoms with Crippen LogP contribution in [0.4, 0.5) is 5.95 Å². The van der Waals surface area contributed by atoms with Crippen LogP contribution in [0.25, 0.3) is 0 Å². The lowest BCUT2D eigenvalue weighted by Crippen LogP contribution is -2.12. The highest BCUT2D eigenvalue weighted by molar-refractivity contribution is 6.01. The maximum atomic E-state index is 11.7. The van der Waals surface area contributed by atoms with Gasteiger partial charge in [0.15, 0.2) is 5.76 Å². The topological polar surface area (TPSA) is 68.0 Å². The molecule has 0 aliphatic carbocycles. The van der Waals surface area contributed by atoms with Crippen molar-refractivity contribution in [1.29, 1.82) is 0 Å². The predicted octanol–water partition coefficient (Wildman–Crippen LogP) is 1.88. The molecular weight excluding hydrogens is 206 g/mol. The predicted molar refractivity (Wildman–Crippen MR) is 58.1 cm³/mol. The van der Waals surface area contributed by atoms with Crippen LogP contribution in [0.15, 0.2) is 35.0 Å². The zero-order chi connectivity index (χ0) is 11.4. The minimum Gasteiger partial charge on any atom is -0.456 e. The zero-order valence-electron chi connectivity index (χ0n) is 8.80. The van der Waals surface area contributed by atoms with Crippen LogP contribution >= 0.6 is 0 Å². The van der Waals surface area contributed by atoms with Gasteiger partial charge in [0, 0.05) is 18.8 Å². The van der Waals surface area contributed by atoms with E-state index in [1.54, 1.807) is 30.6 Å². The summed E-state index contributed by atoms with van der Waals surface area (Å²) in [7, 11) is 0. The number of nitrogens with one attached hydrogen (secondary N) is 1. The molecule has 1 N–H and O–H groups in total. The summed E-state index contributed by atoms with van der Waals surface area (Å²) in [6.07, 6.45) is 3.87. The summed E-state index contributed by atoms with van der Waals surface area (Å²) >= 11 is 0. The zero-order valence-corrected chi connectivity index (χ0v) is 8.80. The average molecular weight is 217 g/mol. The van der Waals surface area contributed by atoms with Crippen LogP contribution < -0.4 is 5.32 Å². The second-order valence-electron chi connectivity index (χ2n) is 3.15. The molecule has 2 rings (SSSR count). The highest BCUT2D eigenvalue weighted by Gasteiger charge is 2.11. The van der Waals surface area contributed by atoms with Crippen LogP contribution in [-0.2, 0) is 6.42 Å². The molecule has 2 aromatic rings. The first-order valence-electron chi connectivity index (χ1n) is 4.96. The number of carbonyl (C=O) groups excluding carboxylic acids is 1. The second-order valence-corrected chi connectivity index (χ2v) is 3.15. The Morgan fingerprint density at radius 3 is 2.75 bits per heavy atom. The van der Waals surface area contributed by atoms with E-state index in [4.69, 9.17) is 4.42 Å². The molecule has 1 amide bonds. The molecule has 5 nitrogen and oxygen atoms in total. The minimum atomic E-state index is -0.342. The quantitative estimate of drug-likeness (QED) is 0.852. The van der Waals surface area contributed by atoms with Crippen molar-refractivity contribution in [3.05, 3.63) is 42.1 Å². The van der Waals surface area contributed by atoms with Gasteiger partial charge >= 0.3 is 0 Å². The number of hydrogen-bond acceptors (Lipinski definition) is 4. The Bertz CT molecular complexity index is 479. The fraction of sp³-hybridized carbons (Fsp3) is 0.182. The van der Waals surface area contributed by atoms with Gasteiger partial charge in [-0.15, -0.1) is 0 Å². The second kappa shape index (κ2) is 4.57. The lowest BCUT2D eigenvalue weighted by Gasteiger charge is -1.99. The summed E-state index contributed by atoms with van der Waals surface area (Å²) in [6, 6.07) is 5.09. The Morgan fingerprint density at radius 2 is 2.12 bits per heavy atom. The van der Waals surface area contributed by atoms with Crippen molar-refractivity contribution < 1.29 is 9.21 Å². The highest BCUT2D eigenvalue weighted by atomic mass is 16.3. The van der Waals surface area contributed by atoms with Crippen molar-refractivity contribution >= 4 is 11.9 Å². The van der Waals surface area contributed by atoms with Gasteiger partial charge in [-0.25, -0.2) is 9.97 Å². The van der Waals surface area contributed by atoms with E-state index in [9.17, 15) is 4.79 Å². The van der Waals surface area contributed by atoms with Gasteiger partial charge in [-0.2, -0.15) is 0 Å². The molecule has 0 spiro atoms.